The SMILES string of the molecule is CC(C)OCc1cccc2nnnn12. The van der Waals surface area contributed by atoms with E-state index in [-0.39, 0.29) is 6.10 Å². The smallest absolute Gasteiger partial charge is 0.179 e. The zero-order valence-electron chi connectivity index (χ0n) is 8.21. The van der Waals surface area contributed by atoms with E-state index < -0.39 is 0 Å². The van der Waals surface area contributed by atoms with Crippen molar-refractivity contribution in [2.45, 2.75) is 26.6 Å². The fourth-order valence-electron chi connectivity index (χ4n) is 1.18. The van der Waals surface area contributed by atoms with Gasteiger partial charge in [0.05, 0.1) is 18.4 Å². The zero-order valence-corrected chi connectivity index (χ0v) is 8.21. The normalized spacial score (nSPS) is 11.4. The minimum absolute atomic E-state index is 0.210. The van der Waals surface area contributed by atoms with Crippen molar-refractivity contribution in [3.05, 3.63) is 23.9 Å². The highest BCUT2D eigenvalue weighted by Gasteiger charge is 2.03. The molecule has 0 aromatic carbocycles. The van der Waals surface area contributed by atoms with Gasteiger partial charge in [0.1, 0.15) is 0 Å². The summed E-state index contributed by atoms with van der Waals surface area (Å²) in [7, 11) is 0. The molecule has 0 aliphatic heterocycles. The Labute approximate surface area is 81.7 Å². The van der Waals surface area contributed by atoms with Gasteiger partial charge in [0, 0.05) is 0 Å². The van der Waals surface area contributed by atoms with Crippen LogP contribution in [0.4, 0.5) is 0 Å². The topological polar surface area (TPSA) is 52.3 Å². The highest BCUT2D eigenvalue weighted by atomic mass is 16.5. The first-order chi connectivity index (χ1) is 6.77. The number of hydrogen-bond donors (Lipinski definition) is 0. The predicted molar refractivity (Wildman–Crippen MR) is 50.7 cm³/mol. The van der Waals surface area contributed by atoms with Crippen LogP contribution in [0.5, 0.6) is 0 Å². The van der Waals surface area contributed by atoms with Crippen molar-refractivity contribution < 1.29 is 4.74 Å². The molecule has 0 spiro atoms. The van der Waals surface area contributed by atoms with Crippen LogP contribution >= 0.6 is 0 Å². The number of tetrazole rings is 1. The molecule has 0 fully saturated rings. The molecule has 0 N–H and O–H groups in total. The van der Waals surface area contributed by atoms with Gasteiger partial charge in [-0.15, -0.1) is 5.10 Å². The average Bonchev–Trinajstić information content (AvgIpc) is 2.62. The van der Waals surface area contributed by atoms with Crippen LogP contribution in [0.25, 0.3) is 5.65 Å². The number of pyridine rings is 1. The van der Waals surface area contributed by atoms with E-state index in [1.54, 1.807) is 4.52 Å². The van der Waals surface area contributed by atoms with Gasteiger partial charge in [-0.25, -0.2) is 0 Å². The highest BCUT2D eigenvalue weighted by molar-refractivity contribution is 5.36. The first-order valence-corrected chi connectivity index (χ1v) is 4.55. The summed E-state index contributed by atoms with van der Waals surface area (Å²) in [5, 5.41) is 11.3. The Kier molecular flexibility index (Phi) is 2.41. The molecular formula is C9H12N4O. The van der Waals surface area contributed by atoms with Crippen LogP contribution in [0.3, 0.4) is 0 Å². The van der Waals surface area contributed by atoms with Crippen molar-refractivity contribution in [3.63, 3.8) is 0 Å². The lowest BCUT2D eigenvalue weighted by atomic mass is 10.3. The minimum Gasteiger partial charge on any atom is -0.373 e. The van der Waals surface area contributed by atoms with E-state index in [2.05, 4.69) is 15.5 Å². The van der Waals surface area contributed by atoms with E-state index >= 15 is 0 Å². The van der Waals surface area contributed by atoms with Gasteiger partial charge in [-0.05, 0) is 36.4 Å². The fourth-order valence-corrected chi connectivity index (χ4v) is 1.18. The second-order valence-corrected chi connectivity index (χ2v) is 3.33. The van der Waals surface area contributed by atoms with Gasteiger partial charge in [-0.2, -0.15) is 4.52 Å². The Bertz CT molecular complexity index is 423. The van der Waals surface area contributed by atoms with Crippen LogP contribution in [0.15, 0.2) is 18.2 Å². The minimum atomic E-state index is 0.210. The lowest BCUT2D eigenvalue weighted by Crippen LogP contribution is -2.06. The van der Waals surface area contributed by atoms with Crippen LogP contribution in [0, 0.1) is 0 Å². The molecule has 0 saturated heterocycles. The molecule has 2 aromatic heterocycles. The Morgan fingerprint density at radius 3 is 3.07 bits per heavy atom. The molecule has 14 heavy (non-hydrogen) atoms. The van der Waals surface area contributed by atoms with Gasteiger partial charge in [-0.1, -0.05) is 6.07 Å². The molecule has 0 aliphatic rings. The Balaban J connectivity index is 2.27. The largest absolute Gasteiger partial charge is 0.373 e. The van der Waals surface area contributed by atoms with Crippen molar-refractivity contribution >= 4 is 5.65 Å². The summed E-state index contributed by atoms with van der Waals surface area (Å²) < 4.78 is 7.17. The third-order valence-corrected chi connectivity index (χ3v) is 1.86. The Morgan fingerprint density at radius 1 is 1.43 bits per heavy atom. The van der Waals surface area contributed by atoms with Crippen LogP contribution in [-0.2, 0) is 11.3 Å². The summed E-state index contributed by atoms with van der Waals surface area (Å²) in [5.41, 5.74) is 1.70. The van der Waals surface area contributed by atoms with Crippen molar-refractivity contribution in [3.8, 4) is 0 Å². The number of aromatic nitrogens is 4. The second-order valence-electron chi connectivity index (χ2n) is 3.33. The highest BCUT2D eigenvalue weighted by Crippen LogP contribution is 2.05. The van der Waals surface area contributed by atoms with E-state index in [4.69, 9.17) is 4.74 Å². The van der Waals surface area contributed by atoms with Crippen molar-refractivity contribution in [2.75, 3.05) is 0 Å². The maximum absolute atomic E-state index is 5.49. The van der Waals surface area contributed by atoms with Gasteiger partial charge in [-0.3, -0.25) is 0 Å². The van der Waals surface area contributed by atoms with Crippen molar-refractivity contribution in [2.24, 2.45) is 0 Å². The van der Waals surface area contributed by atoms with Gasteiger partial charge in [0.25, 0.3) is 0 Å². The van der Waals surface area contributed by atoms with E-state index in [1.807, 2.05) is 32.0 Å². The molecular weight excluding hydrogens is 180 g/mol. The van der Waals surface area contributed by atoms with E-state index in [0.717, 1.165) is 11.3 Å². The Hall–Kier alpha value is -1.49. The maximum Gasteiger partial charge on any atom is 0.179 e. The molecule has 74 valence electrons. The molecule has 0 radical (unpaired) electrons. The molecule has 0 amide bonds. The predicted octanol–water partition coefficient (Wildman–Crippen LogP) is 1.05. The molecule has 2 aromatic rings. The fraction of sp³-hybridized carbons (Fsp3) is 0.444. The van der Waals surface area contributed by atoms with E-state index in [1.165, 1.54) is 0 Å². The lowest BCUT2D eigenvalue weighted by molar-refractivity contribution is 0.0624. The first kappa shape index (κ1) is 9.08. The summed E-state index contributed by atoms with van der Waals surface area (Å²) in [6, 6.07) is 5.73. The van der Waals surface area contributed by atoms with Crippen LogP contribution < -0.4 is 0 Å². The van der Waals surface area contributed by atoms with Crippen molar-refractivity contribution in [1.29, 1.82) is 0 Å². The lowest BCUT2D eigenvalue weighted by Gasteiger charge is -2.07. The number of fused-ring (bicyclic) bond motifs is 1. The molecule has 5 heteroatoms. The van der Waals surface area contributed by atoms with Crippen LogP contribution in [-0.4, -0.2) is 26.1 Å². The van der Waals surface area contributed by atoms with Crippen LogP contribution in [0.1, 0.15) is 19.5 Å². The van der Waals surface area contributed by atoms with Gasteiger partial charge < -0.3 is 4.74 Å². The molecule has 2 rings (SSSR count). The molecule has 0 bridgehead atoms. The summed E-state index contributed by atoms with van der Waals surface area (Å²) in [4.78, 5) is 0. The van der Waals surface area contributed by atoms with Gasteiger partial charge in [0.15, 0.2) is 5.65 Å². The van der Waals surface area contributed by atoms with Gasteiger partial charge in [0.2, 0.25) is 0 Å². The van der Waals surface area contributed by atoms with Gasteiger partial charge >= 0.3 is 0 Å². The first-order valence-electron chi connectivity index (χ1n) is 4.55. The second kappa shape index (κ2) is 3.71. The number of hydrogen-bond acceptors (Lipinski definition) is 4. The average molecular weight is 192 g/mol. The molecule has 5 nitrogen and oxygen atoms in total. The molecule has 2 heterocycles. The monoisotopic (exact) mass is 192 g/mol. The number of rotatable bonds is 3. The van der Waals surface area contributed by atoms with E-state index in [9.17, 15) is 0 Å². The standard InChI is InChI=1S/C9H12N4O/c1-7(2)14-6-8-4-3-5-9-10-11-12-13(8)9/h3-5,7H,6H2,1-2H3. The Morgan fingerprint density at radius 2 is 2.29 bits per heavy atom. The third-order valence-electron chi connectivity index (χ3n) is 1.86. The summed E-state index contributed by atoms with van der Waals surface area (Å²) in [6.07, 6.45) is 0.210. The summed E-state index contributed by atoms with van der Waals surface area (Å²) in [5.74, 6) is 0. The molecule has 0 saturated carbocycles. The van der Waals surface area contributed by atoms with Crippen LogP contribution in [0.2, 0.25) is 0 Å². The van der Waals surface area contributed by atoms with Crippen molar-refractivity contribution in [1.82, 2.24) is 20.0 Å². The molecule has 0 aliphatic carbocycles. The quantitative estimate of drug-likeness (QED) is 0.729. The molecule has 0 atom stereocenters. The zero-order chi connectivity index (χ0) is 9.97. The number of nitrogens with zero attached hydrogens (tertiary/aromatic N) is 4. The summed E-state index contributed by atoms with van der Waals surface area (Å²) >= 11 is 0. The third kappa shape index (κ3) is 1.72. The van der Waals surface area contributed by atoms with E-state index in [0.29, 0.717) is 6.61 Å². The summed E-state index contributed by atoms with van der Waals surface area (Å²) in [6.45, 7) is 4.53. The molecule has 0 unspecified atom stereocenters. The maximum atomic E-state index is 5.49. The number of ether oxygens (including phenoxy) is 1.